The second kappa shape index (κ2) is 4.52. The summed E-state index contributed by atoms with van der Waals surface area (Å²) in [7, 11) is 0. The first-order valence-corrected chi connectivity index (χ1v) is 5.05. The number of aromatic nitrogens is 3. The van der Waals surface area contributed by atoms with Crippen molar-refractivity contribution in [1.29, 1.82) is 0 Å². The second-order valence-electron chi connectivity index (χ2n) is 3.76. The minimum absolute atomic E-state index is 0.0563. The van der Waals surface area contributed by atoms with Crippen LogP contribution in [0.5, 0.6) is 0 Å². The van der Waals surface area contributed by atoms with E-state index in [1.807, 2.05) is 0 Å². The summed E-state index contributed by atoms with van der Waals surface area (Å²) in [6.07, 6.45) is 0. The van der Waals surface area contributed by atoms with Gasteiger partial charge in [-0.05, 0) is 24.6 Å². The quantitative estimate of drug-likeness (QED) is 0.902. The molecule has 0 aliphatic rings. The maximum Gasteiger partial charge on any atom is 0.358 e. The van der Waals surface area contributed by atoms with E-state index in [2.05, 4.69) is 10.3 Å². The van der Waals surface area contributed by atoms with Crippen molar-refractivity contribution in [2.24, 2.45) is 0 Å². The lowest BCUT2D eigenvalue weighted by Crippen LogP contribution is -2.06. The molecule has 2 aromatic rings. The number of nitrogens with zero attached hydrogens (tertiary/aromatic N) is 3. The van der Waals surface area contributed by atoms with Crippen LogP contribution in [0.3, 0.4) is 0 Å². The highest BCUT2D eigenvalue weighted by molar-refractivity contribution is 5.86. The highest BCUT2D eigenvalue weighted by Crippen LogP contribution is 2.11. The van der Waals surface area contributed by atoms with E-state index in [9.17, 15) is 13.6 Å². The van der Waals surface area contributed by atoms with Gasteiger partial charge in [-0.2, -0.15) is 0 Å². The molecule has 0 amide bonds. The van der Waals surface area contributed by atoms with E-state index in [1.165, 1.54) is 11.6 Å². The molecule has 0 saturated carbocycles. The molecule has 5 nitrogen and oxygen atoms in total. The number of halogens is 2. The van der Waals surface area contributed by atoms with E-state index in [0.29, 0.717) is 11.3 Å². The topological polar surface area (TPSA) is 68.0 Å². The Morgan fingerprint density at radius 2 is 1.94 bits per heavy atom. The number of hydrogen-bond acceptors (Lipinski definition) is 3. The Bertz CT molecular complexity index is 590. The Balaban J connectivity index is 2.31. The zero-order valence-electron chi connectivity index (χ0n) is 9.39. The predicted octanol–water partition coefficient (Wildman–Crippen LogP) is 1.61. The molecule has 0 aliphatic carbocycles. The molecule has 94 valence electrons. The number of benzene rings is 1. The van der Waals surface area contributed by atoms with Crippen molar-refractivity contribution in [1.82, 2.24) is 15.0 Å². The molecule has 0 bridgehead atoms. The van der Waals surface area contributed by atoms with Gasteiger partial charge in [-0.25, -0.2) is 18.3 Å². The maximum atomic E-state index is 13.0. The molecule has 0 unspecified atom stereocenters. The minimum Gasteiger partial charge on any atom is -0.476 e. The Kier molecular flexibility index (Phi) is 3.05. The SMILES string of the molecule is Cc1c(C(=O)O)nnn1Cc1cc(F)cc(F)c1. The number of rotatable bonds is 3. The van der Waals surface area contributed by atoms with Gasteiger partial charge in [-0.15, -0.1) is 5.10 Å². The first-order chi connectivity index (χ1) is 8.47. The van der Waals surface area contributed by atoms with Crippen molar-refractivity contribution in [3.05, 3.63) is 46.8 Å². The van der Waals surface area contributed by atoms with Crippen LogP contribution in [0.25, 0.3) is 0 Å². The molecule has 1 aromatic carbocycles. The van der Waals surface area contributed by atoms with E-state index >= 15 is 0 Å². The van der Waals surface area contributed by atoms with Crippen molar-refractivity contribution in [3.8, 4) is 0 Å². The normalized spacial score (nSPS) is 10.6. The molecule has 1 N–H and O–H groups in total. The molecule has 2 rings (SSSR count). The van der Waals surface area contributed by atoms with E-state index in [4.69, 9.17) is 5.11 Å². The molecule has 0 fully saturated rings. The summed E-state index contributed by atoms with van der Waals surface area (Å²) in [5.74, 6) is -2.58. The van der Waals surface area contributed by atoms with Crippen LogP contribution in [0.2, 0.25) is 0 Å². The van der Waals surface area contributed by atoms with Crippen LogP contribution >= 0.6 is 0 Å². The number of carboxylic acids is 1. The number of carbonyl (C=O) groups is 1. The Labute approximate surface area is 101 Å². The third-order valence-electron chi connectivity index (χ3n) is 2.44. The van der Waals surface area contributed by atoms with Gasteiger partial charge in [0.1, 0.15) is 11.6 Å². The summed E-state index contributed by atoms with van der Waals surface area (Å²) in [5.41, 5.74) is 0.497. The lowest BCUT2D eigenvalue weighted by Gasteiger charge is -2.04. The van der Waals surface area contributed by atoms with Gasteiger partial charge in [0.25, 0.3) is 0 Å². The maximum absolute atomic E-state index is 13.0. The van der Waals surface area contributed by atoms with E-state index in [1.54, 1.807) is 0 Å². The van der Waals surface area contributed by atoms with Crippen molar-refractivity contribution < 1.29 is 18.7 Å². The van der Waals surface area contributed by atoms with Gasteiger partial charge in [0.05, 0.1) is 12.2 Å². The summed E-state index contributed by atoms with van der Waals surface area (Å²) >= 11 is 0. The molecule has 0 aliphatic heterocycles. The van der Waals surface area contributed by atoms with Crippen molar-refractivity contribution in [2.75, 3.05) is 0 Å². The molecule has 1 heterocycles. The molecule has 0 saturated heterocycles. The molecule has 18 heavy (non-hydrogen) atoms. The van der Waals surface area contributed by atoms with Crippen LogP contribution in [-0.2, 0) is 6.54 Å². The smallest absolute Gasteiger partial charge is 0.358 e. The highest BCUT2D eigenvalue weighted by atomic mass is 19.1. The molecule has 1 aromatic heterocycles. The van der Waals surface area contributed by atoms with E-state index in [0.717, 1.165) is 18.2 Å². The third kappa shape index (κ3) is 2.34. The summed E-state index contributed by atoms with van der Waals surface area (Å²) in [4.78, 5) is 10.8. The lowest BCUT2D eigenvalue weighted by atomic mass is 10.2. The lowest BCUT2D eigenvalue weighted by molar-refractivity contribution is 0.0689. The Hall–Kier alpha value is -2.31. The van der Waals surface area contributed by atoms with E-state index < -0.39 is 17.6 Å². The summed E-state index contributed by atoms with van der Waals surface area (Å²) in [5, 5.41) is 15.9. The standard InChI is InChI=1S/C11H9F2N3O2/c1-6-10(11(17)18)14-15-16(6)5-7-2-8(12)4-9(13)3-7/h2-4H,5H2,1H3,(H,17,18). The molecule has 0 radical (unpaired) electrons. The predicted molar refractivity (Wildman–Crippen MR) is 57.2 cm³/mol. The molecule has 0 atom stereocenters. The number of hydrogen-bond donors (Lipinski definition) is 1. The second-order valence-corrected chi connectivity index (χ2v) is 3.76. The molecule has 0 spiro atoms. The van der Waals surface area contributed by atoms with Gasteiger partial charge in [-0.3, -0.25) is 0 Å². The average molecular weight is 253 g/mol. The third-order valence-corrected chi connectivity index (χ3v) is 2.44. The van der Waals surface area contributed by atoms with E-state index in [-0.39, 0.29) is 12.2 Å². The van der Waals surface area contributed by atoms with Gasteiger partial charge >= 0.3 is 5.97 Å². The zero-order chi connectivity index (χ0) is 13.3. The fourth-order valence-corrected chi connectivity index (χ4v) is 1.58. The van der Waals surface area contributed by atoms with Gasteiger partial charge < -0.3 is 5.11 Å². The molecular formula is C11H9F2N3O2. The van der Waals surface area contributed by atoms with Crippen molar-refractivity contribution in [3.63, 3.8) is 0 Å². The van der Waals surface area contributed by atoms with Crippen LogP contribution in [0.1, 0.15) is 21.7 Å². The van der Waals surface area contributed by atoms with Gasteiger partial charge in [0.15, 0.2) is 5.69 Å². The first kappa shape index (κ1) is 12.2. The van der Waals surface area contributed by atoms with Crippen LogP contribution in [-0.4, -0.2) is 26.1 Å². The summed E-state index contributed by atoms with van der Waals surface area (Å²) < 4.78 is 27.2. The van der Waals surface area contributed by atoms with Gasteiger partial charge in [0, 0.05) is 6.07 Å². The zero-order valence-corrected chi connectivity index (χ0v) is 9.39. The van der Waals surface area contributed by atoms with Crippen molar-refractivity contribution >= 4 is 5.97 Å². The van der Waals surface area contributed by atoms with Gasteiger partial charge in [-0.1, -0.05) is 5.21 Å². The monoisotopic (exact) mass is 253 g/mol. The summed E-state index contributed by atoms with van der Waals surface area (Å²) in [6.45, 7) is 1.58. The van der Waals surface area contributed by atoms with Crippen LogP contribution < -0.4 is 0 Å². The summed E-state index contributed by atoms with van der Waals surface area (Å²) in [6, 6.07) is 3.08. The largest absolute Gasteiger partial charge is 0.476 e. The van der Waals surface area contributed by atoms with Crippen LogP contribution in [0, 0.1) is 18.6 Å². The Morgan fingerprint density at radius 1 is 1.33 bits per heavy atom. The van der Waals surface area contributed by atoms with Crippen LogP contribution in [0.15, 0.2) is 18.2 Å². The van der Waals surface area contributed by atoms with Crippen molar-refractivity contribution in [2.45, 2.75) is 13.5 Å². The van der Waals surface area contributed by atoms with Crippen LogP contribution in [0.4, 0.5) is 8.78 Å². The average Bonchev–Trinajstić information content (AvgIpc) is 2.59. The first-order valence-electron chi connectivity index (χ1n) is 5.05. The fraction of sp³-hybridized carbons (Fsp3) is 0.182. The fourth-order valence-electron chi connectivity index (χ4n) is 1.58. The highest BCUT2D eigenvalue weighted by Gasteiger charge is 2.15. The molecular weight excluding hydrogens is 244 g/mol. The Morgan fingerprint density at radius 3 is 2.44 bits per heavy atom. The number of carboxylic acid groups (broad SMARTS) is 1. The number of aromatic carboxylic acids is 1. The van der Waals surface area contributed by atoms with Gasteiger partial charge in [0.2, 0.25) is 0 Å². The molecule has 7 heteroatoms. The minimum atomic E-state index is -1.19.